The Morgan fingerprint density at radius 2 is 1.75 bits per heavy atom. The molecule has 3 saturated heterocycles. The molecule has 28 heavy (non-hydrogen) atoms. The van der Waals surface area contributed by atoms with E-state index in [0.717, 1.165) is 32.0 Å². The van der Waals surface area contributed by atoms with Crippen molar-refractivity contribution in [2.24, 2.45) is 5.92 Å². The van der Waals surface area contributed by atoms with Crippen molar-refractivity contribution >= 4 is 11.7 Å². The van der Waals surface area contributed by atoms with Crippen LogP contribution in [-0.4, -0.2) is 42.3 Å². The predicted octanol–water partition coefficient (Wildman–Crippen LogP) is 3.90. The van der Waals surface area contributed by atoms with Gasteiger partial charge in [0, 0.05) is 18.2 Å². The van der Waals surface area contributed by atoms with Crippen molar-refractivity contribution in [1.29, 1.82) is 0 Å². The van der Waals surface area contributed by atoms with E-state index in [4.69, 9.17) is 4.74 Å². The zero-order valence-electron chi connectivity index (χ0n) is 16.2. The van der Waals surface area contributed by atoms with Crippen molar-refractivity contribution in [3.63, 3.8) is 0 Å². The average molecular weight is 378 g/mol. The minimum atomic E-state index is -0.0419. The lowest BCUT2D eigenvalue weighted by Gasteiger charge is -2.26. The number of nitrogens with one attached hydrogen (secondary N) is 1. The molecular formula is C23H26N2O3. The van der Waals surface area contributed by atoms with E-state index in [-0.39, 0.29) is 17.7 Å². The monoisotopic (exact) mass is 378 g/mol. The third kappa shape index (κ3) is 4.25. The zero-order chi connectivity index (χ0) is 19.5. The number of amides is 1. The van der Waals surface area contributed by atoms with Gasteiger partial charge in [0.15, 0.2) is 5.78 Å². The maximum Gasteiger partial charge on any atom is 0.251 e. The predicted molar refractivity (Wildman–Crippen MR) is 108 cm³/mol. The molecule has 3 fully saturated rings. The Bertz CT molecular complexity index is 840. The van der Waals surface area contributed by atoms with E-state index in [1.54, 1.807) is 36.4 Å². The number of rotatable bonds is 5. The molecule has 2 aromatic carbocycles. The number of fused-ring (bicyclic) bond motifs is 4. The lowest BCUT2D eigenvalue weighted by Crippen LogP contribution is -2.41. The molecule has 1 unspecified atom stereocenters. The van der Waals surface area contributed by atoms with Crippen LogP contribution < -0.4 is 10.1 Å². The molecule has 0 spiro atoms. The molecule has 0 aromatic heterocycles. The number of ether oxygens (including phenoxy) is 1. The topological polar surface area (TPSA) is 58.6 Å². The van der Waals surface area contributed by atoms with E-state index in [2.05, 4.69) is 10.2 Å². The van der Waals surface area contributed by atoms with Gasteiger partial charge in [0.05, 0.1) is 5.56 Å². The molecular weight excluding hydrogens is 352 g/mol. The quantitative estimate of drug-likeness (QED) is 0.802. The largest absolute Gasteiger partial charge is 0.457 e. The number of hydrogen-bond acceptors (Lipinski definition) is 4. The van der Waals surface area contributed by atoms with Crippen LogP contribution in [0.15, 0.2) is 48.5 Å². The van der Waals surface area contributed by atoms with Gasteiger partial charge in [-0.25, -0.2) is 0 Å². The van der Waals surface area contributed by atoms with Gasteiger partial charge in [0.1, 0.15) is 11.5 Å². The highest BCUT2D eigenvalue weighted by atomic mass is 16.5. The normalized spacial score (nSPS) is 23.7. The molecule has 146 valence electrons. The summed E-state index contributed by atoms with van der Waals surface area (Å²) in [6.07, 6.45) is 3.57. The number of piperidine rings is 1. The summed E-state index contributed by atoms with van der Waals surface area (Å²) in [5, 5.41) is 3.20. The van der Waals surface area contributed by atoms with E-state index in [0.29, 0.717) is 22.6 Å². The van der Waals surface area contributed by atoms with Crippen molar-refractivity contribution < 1.29 is 14.3 Å². The number of hydrogen-bond donors (Lipinski definition) is 1. The first-order chi connectivity index (χ1) is 13.6. The second-order valence-corrected chi connectivity index (χ2v) is 7.83. The van der Waals surface area contributed by atoms with Gasteiger partial charge in [-0.15, -0.1) is 0 Å². The summed E-state index contributed by atoms with van der Waals surface area (Å²) in [5.41, 5.74) is 1.17. The molecule has 1 N–H and O–H groups in total. The van der Waals surface area contributed by atoms with E-state index >= 15 is 0 Å². The minimum absolute atomic E-state index is 0.0387. The van der Waals surface area contributed by atoms with Gasteiger partial charge < -0.3 is 15.0 Å². The van der Waals surface area contributed by atoms with E-state index in [9.17, 15) is 9.59 Å². The van der Waals surface area contributed by atoms with Gasteiger partial charge in [-0.3, -0.25) is 9.59 Å². The van der Waals surface area contributed by atoms with Crippen molar-refractivity contribution in [3.05, 3.63) is 59.7 Å². The second-order valence-electron chi connectivity index (χ2n) is 7.83. The van der Waals surface area contributed by atoms with Crippen LogP contribution in [0.1, 0.15) is 46.9 Å². The number of Topliss-reactive ketones (excluding diaryl/α,β-unsaturated/α-hetero) is 1. The summed E-state index contributed by atoms with van der Waals surface area (Å²) in [6, 6.07) is 14.5. The Hall–Kier alpha value is -2.66. The molecule has 3 aliphatic heterocycles. The molecule has 2 bridgehead atoms. The van der Waals surface area contributed by atoms with Crippen molar-refractivity contribution in [3.8, 4) is 11.5 Å². The molecule has 2 aromatic rings. The van der Waals surface area contributed by atoms with Crippen LogP contribution in [0.25, 0.3) is 0 Å². The lowest BCUT2D eigenvalue weighted by atomic mass is 9.94. The average Bonchev–Trinajstić information content (AvgIpc) is 3.01. The molecule has 3 heterocycles. The first-order valence-corrected chi connectivity index (χ1v) is 9.99. The molecule has 5 nitrogen and oxygen atoms in total. The van der Waals surface area contributed by atoms with Gasteiger partial charge in [-0.2, -0.15) is 0 Å². The van der Waals surface area contributed by atoms with E-state index < -0.39 is 0 Å². The number of ketones is 1. The number of carbonyl (C=O) groups excluding carboxylic acids is 2. The van der Waals surface area contributed by atoms with Gasteiger partial charge in [-0.1, -0.05) is 12.1 Å². The van der Waals surface area contributed by atoms with Crippen LogP contribution in [0.2, 0.25) is 0 Å². The summed E-state index contributed by atoms with van der Waals surface area (Å²) < 4.78 is 5.85. The van der Waals surface area contributed by atoms with Gasteiger partial charge in [0.2, 0.25) is 0 Å². The van der Waals surface area contributed by atoms with Crippen molar-refractivity contribution in [1.82, 2.24) is 10.2 Å². The number of carbonyl (C=O) groups is 2. The number of benzene rings is 2. The third-order valence-corrected chi connectivity index (χ3v) is 5.75. The van der Waals surface area contributed by atoms with Crippen molar-refractivity contribution in [2.75, 3.05) is 19.6 Å². The smallest absolute Gasteiger partial charge is 0.251 e. The molecule has 0 saturated carbocycles. The first-order valence-electron chi connectivity index (χ1n) is 9.99. The van der Waals surface area contributed by atoms with E-state index in [1.165, 1.54) is 19.8 Å². The summed E-state index contributed by atoms with van der Waals surface area (Å²) in [4.78, 5) is 26.8. The fourth-order valence-corrected chi connectivity index (χ4v) is 4.21. The highest BCUT2D eigenvalue weighted by Gasteiger charge is 2.29. The van der Waals surface area contributed by atoms with Gasteiger partial charge in [0.25, 0.3) is 5.91 Å². The maximum absolute atomic E-state index is 12.7. The zero-order valence-corrected chi connectivity index (χ0v) is 16.2. The molecule has 0 radical (unpaired) electrons. The third-order valence-electron chi connectivity index (χ3n) is 5.75. The SMILES string of the molecule is CC(=O)c1ccccc1Oc1ccc(C(=O)NC2CC3CCN(CC3)C2)cc1. The standard InChI is InChI=1S/C23H26N2O3/c1-16(26)21-4-2-3-5-22(21)28-20-8-6-18(7-9-20)23(27)24-19-14-17-10-12-25(15-19)13-11-17/h2-9,17,19H,10-15H2,1H3,(H,24,27). The Morgan fingerprint density at radius 3 is 2.46 bits per heavy atom. The van der Waals surface area contributed by atoms with Crippen LogP contribution in [0.4, 0.5) is 0 Å². The molecule has 1 atom stereocenters. The number of nitrogens with zero attached hydrogens (tertiary/aromatic N) is 1. The molecule has 5 heteroatoms. The maximum atomic E-state index is 12.7. The van der Waals surface area contributed by atoms with Crippen LogP contribution in [0.5, 0.6) is 11.5 Å². The van der Waals surface area contributed by atoms with Gasteiger partial charge in [-0.05, 0) is 81.6 Å². The second kappa shape index (κ2) is 8.15. The Morgan fingerprint density at radius 1 is 1.04 bits per heavy atom. The minimum Gasteiger partial charge on any atom is -0.457 e. The lowest BCUT2D eigenvalue weighted by molar-refractivity contribution is 0.0928. The number of para-hydroxylation sites is 1. The van der Waals surface area contributed by atoms with Crippen LogP contribution >= 0.6 is 0 Å². The summed E-state index contributed by atoms with van der Waals surface area (Å²) in [5.74, 6) is 1.78. The Balaban J connectivity index is 1.40. The Labute approximate surface area is 165 Å². The summed E-state index contributed by atoms with van der Waals surface area (Å²) >= 11 is 0. The highest BCUT2D eigenvalue weighted by molar-refractivity contribution is 5.97. The highest BCUT2D eigenvalue weighted by Crippen LogP contribution is 2.28. The Kier molecular flexibility index (Phi) is 5.44. The molecule has 3 aliphatic rings. The fraction of sp³-hybridized carbons (Fsp3) is 0.391. The molecule has 5 rings (SSSR count). The van der Waals surface area contributed by atoms with E-state index in [1.807, 2.05) is 12.1 Å². The molecule has 1 amide bonds. The molecule has 0 aliphatic carbocycles. The summed E-state index contributed by atoms with van der Waals surface area (Å²) in [7, 11) is 0. The summed E-state index contributed by atoms with van der Waals surface area (Å²) in [6.45, 7) is 4.78. The van der Waals surface area contributed by atoms with Crippen molar-refractivity contribution in [2.45, 2.75) is 32.2 Å². The fourth-order valence-electron chi connectivity index (χ4n) is 4.21. The first kappa shape index (κ1) is 18.7. The van der Waals surface area contributed by atoms with Crippen LogP contribution in [0.3, 0.4) is 0 Å². The van der Waals surface area contributed by atoms with Crippen LogP contribution in [-0.2, 0) is 0 Å². The van der Waals surface area contributed by atoms with Gasteiger partial charge >= 0.3 is 0 Å². The van der Waals surface area contributed by atoms with Crippen LogP contribution in [0, 0.1) is 5.92 Å².